The summed E-state index contributed by atoms with van der Waals surface area (Å²) < 4.78 is 11.3. The van der Waals surface area contributed by atoms with Crippen LogP contribution in [0.1, 0.15) is 0 Å². The summed E-state index contributed by atoms with van der Waals surface area (Å²) in [5.41, 5.74) is 1.29. The third-order valence-electron chi connectivity index (χ3n) is 1.46. The standard InChI is InChI=1S/C5H20O2Si4/c1-10(2)7-11(3,4)5-9-6-8/h10H,5,9H2,1-4,8H3. The van der Waals surface area contributed by atoms with Crippen molar-refractivity contribution in [1.29, 1.82) is 0 Å². The van der Waals surface area contributed by atoms with Gasteiger partial charge in [0.2, 0.25) is 0 Å². The van der Waals surface area contributed by atoms with Crippen LogP contribution in [0.4, 0.5) is 0 Å². The maximum atomic E-state index is 5.99. The topological polar surface area (TPSA) is 18.5 Å². The Morgan fingerprint density at radius 2 is 2.00 bits per heavy atom. The van der Waals surface area contributed by atoms with Gasteiger partial charge in [-0.3, -0.25) is 0 Å². The van der Waals surface area contributed by atoms with Crippen LogP contribution in [0.25, 0.3) is 0 Å². The highest BCUT2D eigenvalue weighted by Gasteiger charge is 2.22. The molecule has 0 N–H and O–H groups in total. The number of rotatable bonds is 5. The fourth-order valence-corrected chi connectivity index (χ4v) is 12.3. The predicted octanol–water partition coefficient (Wildman–Crippen LogP) is -0.470. The zero-order valence-corrected chi connectivity index (χ0v) is 13.9. The molecule has 11 heavy (non-hydrogen) atoms. The smallest absolute Gasteiger partial charge is 0.172 e. The normalized spacial score (nSPS) is 13.9. The lowest BCUT2D eigenvalue weighted by molar-refractivity contribution is 0.574. The SMILES string of the molecule is C[SiH](C)O[Si](C)(C)C[SiH2]O[SiH3]. The van der Waals surface area contributed by atoms with Gasteiger partial charge >= 0.3 is 0 Å². The van der Waals surface area contributed by atoms with Crippen molar-refractivity contribution in [2.24, 2.45) is 0 Å². The van der Waals surface area contributed by atoms with Gasteiger partial charge in [0.05, 0.1) is 0 Å². The lowest BCUT2D eigenvalue weighted by atomic mass is 11.8. The number of hydrogen-bond acceptors (Lipinski definition) is 2. The van der Waals surface area contributed by atoms with Gasteiger partial charge in [0.1, 0.15) is 20.2 Å². The Labute approximate surface area is 78.0 Å². The summed E-state index contributed by atoms with van der Waals surface area (Å²) in [6.07, 6.45) is 0. The second-order valence-electron chi connectivity index (χ2n) is 3.67. The summed E-state index contributed by atoms with van der Waals surface area (Å²) in [4.78, 5) is 0. The van der Waals surface area contributed by atoms with Crippen molar-refractivity contribution in [3.05, 3.63) is 0 Å². The largest absolute Gasteiger partial charge is 0.468 e. The van der Waals surface area contributed by atoms with Crippen LogP contribution in [-0.2, 0) is 8.23 Å². The molecule has 0 unspecified atom stereocenters. The van der Waals surface area contributed by atoms with Gasteiger partial charge in [-0.25, -0.2) is 0 Å². The van der Waals surface area contributed by atoms with Crippen LogP contribution >= 0.6 is 0 Å². The number of hydrogen-bond donors (Lipinski definition) is 0. The van der Waals surface area contributed by atoms with Crippen LogP contribution in [0.5, 0.6) is 0 Å². The van der Waals surface area contributed by atoms with E-state index >= 15 is 0 Å². The van der Waals surface area contributed by atoms with Gasteiger partial charge in [0.25, 0.3) is 0 Å². The first-order valence-electron chi connectivity index (χ1n) is 4.15. The first-order valence-corrected chi connectivity index (χ1v) is 12.4. The van der Waals surface area contributed by atoms with Crippen molar-refractivity contribution in [1.82, 2.24) is 0 Å². The average Bonchev–Trinajstić information content (AvgIpc) is 1.81. The fourth-order valence-electron chi connectivity index (χ4n) is 1.04. The van der Waals surface area contributed by atoms with Crippen molar-refractivity contribution in [2.75, 3.05) is 0 Å². The van der Waals surface area contributed by atoms with E-state index in [9.17, 15) is 0 Å². The van der Waals surface area contributed by atoms with Crippen LogP contribution in [0, 0.1) is 0 Å². The van der Waals surface area contributed by atoms with Gasteiger partial charge < -0.3 is 8.23 Å². The third kappa shape index (κ3) is 7.16. The van der Waals surface area contributed by atoms with E-state index in [0.717, 1.165) is 10.5 Å². The first kappa shape index (κ1) is 11.8. The Kier molecular flexibility index (Phi) is 5.83. The van der Waals surface area contributed by atoms with Gasteiger partial charge in [0.15, 0.2) is 17.4 Å². The molecule has 0 heterocycles. The minimum atomic E-state index is -1.27. The van der Waals surface area contributed by atoms with E-state index < -0.39 is 17.4 Å². The van der Waals surface area contributed by atoms with Gasteiger partial charge in [-0.15, -0.1) is 0 Å². The molecule has 0 radical (unpaired) electrons. The van der Waals surface area contributed by atoms with E-state index in [0.29, 0.717) is 0 Å². The van der Waals surface area contributed by atoms with E-state index in [4.69, 9.17) is 8.23 Å². The maximum absolute atomic E-state index is 5.99. The molecule has 0 amide bonds. The second kappa shape index (κ2) is 5.44. The first-order chi connectivity index (χ1) is 4.98. The summed E-state index contributed by atoms with van der Waals surface area (Å²) in [7, 11) is -1.35. The summed E-state index contributed by atoms with van der Waals surface area (Å²) in [5, 5.41) is 0. The highest BCUT2D eigenvalue weighted by molar-refractivity contribution is 6.83. The van der Waals surface area contributed by atoms with Crippen LogP contribution in [0.2, 0.25) is 31.9 Å². The summed E-state index contributed by atoms with van der Waals surface area (Å²) in [6, 6.07) is 0. The molecule has 0 aliphatic rings. The van der Waals surface area contributed by atoms with E-state index in [1.54, 1.807) is 0 Å². The molecule has 0 rings (SSSR count). The molecule has 0 aliphatic carbocycles. The molecule has 0 aliphatic heterocycles. The molecule has 0 aromatic carbocycles. The van der Waals surface area contributed by atoms with Crippen LogP contribution < -0.4 is 0 Å². The molecule has 0 bridgehead atoms. The van der Waals surface area contributed by atoms with E-state index in [1.165, 1.54) is 5.67 Å². The molecule has 0 atom stereocenters. The molecule has 2 nitrogen and oxygen atoms in total. The minimum absolute atomic E-state index is 0.205. The van der Waals surface area contributed by atoms with Crippen molar-refractivity contribution in [3.8, 4) is 0 Å². The second-order valence-corrected chi connectivity index (χ2v) is 14.9. The molecule has 0 aromatic heterocycles. The summed E-state index contributed by atoms with van der Waals surface area (Å²) in [6.45, 7) is 9.12. The minimum Gasteiger partial charge on any atom is -0.468 e. The Hall–Kier alpha value is 0.788. The van der Waals surface area contributed by atoms with Gasteiger partial charge in [-0.2, -0.15) is 0 Å². The Morgan fingerprint density at radius 3 is 2.36 bits per heavy atom. The van der Waals surface area contributed by atoms with Gasteiger partial charge in [0, 0.05) is 0 Å². The lowest BCUT2D eigenvalue weighted by Crippen LogP contribution is -2.37. The van der Waals surface area contributed by atoms with Crippen LogP contribution in [0.3, 0.4) is 0 Å². The van der Waals surface area contributed by atoms with Crippen LogP contribution in [0.15, 0.2) is 0 Å². The zero-order chi connectivity index (χ0) is 8.91. The van der Waals surface area contributed by atoms with E-state index in [2.05, 4.69) is 26.2 Å². The molecule has 0 saturated heterocycles. The zero-order valence-electron chi connectivity index (χ0n) is 8.31. The van der Waals surface area contributed by atoms with E-state index in [1.807, 2.05) is 0 Å². The molecule has 0 saturated carbocycles. The highest BCUT2D eigenvalue weighted by Crippen LogP contribution is 2.10. The molecule has 0 aromatic rings. The van der Waals surface area contributed by atoms with Crippen molar-refractivity contribution < 1.29 is 8.23 Å². The molecule has 6 heteroatoms. The van der Waals surface area contributed by atoms with Crippen molar-refractivity contribution >= 4 is 37.6 Å². The maximum Gasteiger partial charge on any atom is 0.172 e. The summed E-state index contributed by atoms with van der Waals surface area (Å²) >= 11 is 0. The van der Waals surface area contributed by atoms with E-state index in [-0.39, 0.29) is 9.76 Å². The molecule has 0 fully saturated rings. The molecular formula is C5H20O2Si4. The third-order valence-corrected chi connectivity index (χ3v) is 13.2. The molecule has 0 spiro atoms. The Morgan fingerprint density at radius 1 is 1.45 bits per heavy atom. The predicted molar refractivity (Wildman–Crippen MR) is 61.8 cm³/mol. The van der Waals surface area contributed by atoms with Crippen molar-refractivity contribution in [3.63, 3.8) is 0 Å². The van der Waals surface area contributed by atoms with Gasteiger partial charge in [-0.1, -0.05) is 0 Å². The molecular weight excluding hydrogens is 204 g/mol. The van der Waals surface area contributed by atoms with Crippen molar-refractivity contribution in [2.45, 2.75) is 31.9 Å². The van der Waals surface area contributed by atoms with Gasteiger partial charge in [-0.05, 0) is 31.9 Å². The molecule has 68 valence electrons. The van der Waals surface area contributed by atoms with Crippen LogP contribution in [-0.4, -0.2) is 37.6 Å². The average molecular weight is 225 g/mol. The Balaban J connectivity index is 3.61. The highest BCUT2D eigenvalue weighted by atomic mass is 28.4. The summed E-state index contributed by atoms with van der Waals surface area (Å²) in [5.74, 6) is 0. The monoisotopic (exact) mass is 224 g/mol. The quantitative estimate of drug-likeness (QED) is 0.588. The lowest BCUT2D eigenvalue weighted by Gasteiger charge is -2.25. The Bertz CT molecular complexity index is 107. The fraction of sp³-hybridized carbons (Fsp3) is 1.00.